The minimum Gasteiger partial charge on any atom is -0.347 e. The van der Waals surface area contributed by atoms with Gasteiger partial charge in [0.25, 0.3) is 0 Å². The fourth-order valence-electron chi connectivity index (χ4n) is 5.89. The summed E-state index contributed by atoms with van der Waals surface area (Å²) in [5.41, 5.74) is 3.57. The molecule has 0 bridgehead atoms. The molecular formula is C32H34FN5OS. The van der Waals surface area contributed by atoms with Gasteiger partial charge < -0.3 is 9.80 Å². The number of nitrogens with zero attached hydrogens (tertiary/aromatic N) is 5. The Morgan fingerprint density at radius 2 is 1.43 bits per heavy atom. The second kappa shape index (κ2) is 12.3. The van der Waals surface area contributed by atoms with Crippen LogP contribution in [0.1, 0.15) is 41.4 Å². The largest absolute Gasteiger partial charge is 0.347 e. The summed E-state index contributed by atoms with van der Waals surface area (Å²) in [5.74, 6) is 0.878. The summed E-state index contributed by atoms with van der Waals surface area (Å²) in [6, 6.07) is 28.0. The third-order valence-corrected chi connectivity index (χ3v) is 8.88. The van der Waals surface area contributed by atoms with E-state index in [2.05, 4.69) is 79.7 Å². The zero-order valence-electron chi connectivity index (χ0n) is 22.5. The van der Waals surface area contributed by atoms with Gasteiger partial charge >= 0.3 is 0 Å². The number of piperazine rings is 1. The number of benzene rings is 3. The molecule has 206 valence electrons. The fraction of sp³-hybridized carbons (Fsp3) is 0.344. The predicted molar refractivity (Wildman–Crippen MR) is 157 cm³/mol. The molecule has 0 N–H and O–H groups in total. The van der Waals surface area contributed by atoms with Crippen LogP contribution in [-0.4, -0.2) is 64.3 Å². The molecule has 0 saturated carbocycles. The van der Waals surface area contributed by atoms with Crippen molar-refractivity contribution in [2.75, 3.05) is 44.2 Å². The number of hydrogen-bond donors (Lipinski definition) is 0. The van der Waals surface area contributed by atoms with Crippen LogP contribution in [0.5, 0.6) is 0 Å². The molecule has 0 radical (unpaired) electrons. The SMILES string of the molecule is O=C(C1CCN(c2nc(Cc3ccc(F)cc3)ns2)CC1)N1CCN(C(c2ccccc2)c2ccccc2)CC1. The lowest BCUT2D eigenvalue weighted by molar-refractivity contribution is -0.138. The Morgan fingerprint density at radius 3 is 2.02 bits per heavy atom. The first-order chi connectivity index (χ1) is 19.6. The van der Waals surface area contributed by atoms with E-state index in [1.807, 2.05) is 0 Å². The number of aromatic nitrogens is 2. The van der Waals surface area contributed by atoms with Gasteiger partial charge in [0.05, 0.1) is 6.04 Å². The van der Waals surface area contributed by atoms with Gasteiger partial charge in [0.15, 0.2) is 0 Å². The van der Waals surface area contributed by atoms with Gasteiger partial charge in [-0.15, -0.1) is 0 Å². The number of carbonyl (C=O) groups is 1. The van der Waals surface area contributed by atoms with E-state index in [0.29, 0.717) is 12.3 Å². The molecule has 1 amide bonds. The molecule has 6 nitrogen and oxygen atoms in total. The van der Waals surface area contributed by atoms with Crippen molar-refractivity contribution >= 4 is 22.6 Å². The molecule has 2 aliphatic rings. The van der Waals surface area contributed by atoms with E-state index in [4.69, 9.17) is 4.98 Å². The molecule has 40 heavy (non-hydrogen) atoms. The van der Waals surface area contributed by atoms with E-state index in [9.17, 15) is 9.18 Å². The molecule has 2 fully saturated rings. The first kappa shape index (κ1) is 26.6. The Labute approximate surface area is 239 Å². The lowest BCUT2D eigenvalue weighted by atomic mass is 9.94. The molecule has 0 aliphatic carbocycles. The summed E-state index contributed by atoms with van der Waals surface area (Å²) >= 11 is 1.41. The molecule has 1 aromatic heterocycles. The van der Waals surface area contributed by atoms with Crippen LogP contribution in [0.3, 0.4) is 0 Å². The van der Waals surface area contributed by atoms with Crippen molar-refractivity contribution in [1.82, 2.24) is 19.2 Å². The van der Waals surface area contributed by atoms with Crippen molar-refractivity contribution in [1.29, 1.82) is 0 Å². The Hall–Kier alpha value is -3.62. The van der Waals surface area contributed by atoms with Crippen molar-refractivity contribution in [3.05, 3.63) is 113 Å². The molecule has 0 spiro atoms. The van der Waals surface area contributed by atoms with Gasteiger partial charge in [0.2, 0.25) is 11.0 Å². The van der Waals surface area contributed by atoms with Gasteiger partial charge in [-0.2, -0.15) is 4.37 Å². The fourth-order valence-corrected chi connectivity index (χ4v) is 6.63. The monoisotopic (exact) mass is 555 g/mol. The quantitative estimate of drug-likeness (QED) is 0.305. The molecular weight excluding hydrogens is 521 g/mol. The highest BCUT2D eigenvalue weighted by Crippen LogP contribution is 2.31. The Morgan fingerprint density at radius 1 is 0.825 bits per heavy atom. The number of rotatable bonds is 7. The topological polar surface area (TPSA) is 52.6 Å². The number of carbonyl (C=O) groups excluding carboxylic acids is 1. The highest BCUT2D eigenvalue weighted by molar-refractivity contribution is 7.09. The van der Waals surface area contributed by atoms with Crippen LogP contribution >= 0.6 is 11.5 Å². The zero-order chi connectivity index (χ0) is 27.3. The summed E-state index contributed by atoms with van der Waals surface area (Å²) in [6.07, 6.45) is 2.26. The molecule has 4 aromatic rings. The maximum absolute atomic E-state index is 13.5. The first-order valence-electron chi connectivity index (χ1n) is 14.1. The van der Waals surface area contributed by atoms with Crippen molar-refractivity contribution in [2.24, 2.45) is 5.92 Å². The molecule has 3 heterocycles. The maximum Gasteiger partial charge on any atom is 0.225 e. The predicted octanol–water partition coefficient (Wildman–Crippen LogP) is 5.42. The standard InChI is InChI=1S/C32H34FN5OS/c33-28-13-11-24(12-14-28)23-29-34-32(40-35-29)38-17-15-27(16-18-38)31(39)37-21-19-36(20-22-37)30(25-7-3-1-4-8-25)26-9-5-2-6-10-26/h1-14,27,30H,15-23H2. The number of piperidine rings is 1. The number of amides is 1. The maximum atomic E-state index is 13.5. The molecule has 2 saturated heterocycles. The summed E-state index contributed by atoms with van der Waals surface area (Å²) < 4.78 is 17.7. The third-order valence-electron chi connectivity index (χ3n) is 8.07. The lowest BCUT2D eigenvalue weighted by Gasteiger charge is -2.41. The molecule has 6 rings (SSSR count). The van der Waals surface area contributed by atoms with E-state index in [-0.39, 0.29) is 17.8 Å². The van der Waals surface area contributed by atoms with Crippen molar-refractivity contribution < 1.29 is 9.18 Å². The molecule has 3 aromatic carbocycles. The second-order valence-electron chi connectivity index (χ2n) is 10.6. The molecule has 0 unspecified atom stereocenters. The van der Waals surface area contributed by atoms with Crippen molar-refractivity contribution in [3.63, 3.8) is 0 Å². The highest BCUT2D eigenvalue weighted by Gasteiger charge is 2.33. The summed E-state index contributed by atoms with van der Waals surface area (Å²) in [6.45, 7) is 4.87. The average molecular weight is 556 g/mol. The zero-order valence-corrected chi connectivity index (χ0v) is 23.3. The van der Waals surface area contributed by atoms with Crippen LogP contribution in [-0.2, 0) is 11.2 Å². The number of hydrogen-bond acceptors (Lipinski definition) is 6. The molecule has 2 aliphatic heterocycles. The minimum atomic E-state index is -0.237. The summed E-state index contributed by atoms with van der Waals surface area (Å²) in [7, 11) is 0. The smallest absolute Gasteiger partial charge is 0.225 e. The van der Waals surface area contributed by atoms with Crippen LogP contribution in [0.15, 0.2) is 84.9 Å². The lowest BCUT2D eigenvalue weighted by Crippen LogP contribution is -2.52. The van der Waals surface area contributed by atoms with Crippen LogP contribution in [0.4, 0.5) is 9.52 Å². The average Bonchev–Trinajstić information content (AvgIpc) is 3.48. The van der Waals surface area contributed by atoms with Crippen LogP contribution in [0.2, 0.25) is 0 Å². The normalized spacial score (nSPS) is 16.9. The molecule has 0 atom stereocenters. The van der Waals surface area contributed by atoms with Gasteiger partial charge in [-0.3, -0.25) is 9.69 Å². The van der Waals surface area contributed by atoms with E-state index in [1.54, 1.807) is 12.1 Å². The van der Waals surface area contributed by atoms with Crippen LogP contribution in [0.25, 0.3) is 0 Å². The Bertz CT molecular complexity index is 1340. The van der Waals surface area contributed by atoms with E-state index in [1.165, 1.54) is 34.8 Å². The van der Waals surface area contributed by atoms with E-state index >= 15 is 0 Å². The Balaban J connectivity index is 1.02. The van der Waals surface area contributed by atoms with Crippen molar-refractivity contribution in [3.8, 4) is 0 Å². The second-order valence-corrected chi connectivity index (χ2v) is 11.4. The van der Waals surface area contributed by atoms with Gasteiger partial charge in [-0.25, -0.2) is 9.37 Å². The first-order valence-corrected chi connectivity index (χ1v) is 14.9. The summed E-state index contributed by atoms with van der Waals surface area (Å²) in [5, 5.41) is 0.907. The Kier molecular flexibility index (Phi) is 8.16. The van der Waals surface area contributed by atoms with Crippen LogP contribution in [0, 0.1) is 11.7 Å². The highest BCUT2D eigenvalue weighted by atomic mass is 32.1. The van der Waals surface area contributed by atoms with Gasteiger partial charge in [-0.1, -0.05) is 72.8 Å². The molecule has 8 heteroatoms. The van der Waals surface area contributed by atoms with Gasteiger partial charge in [-0.05, 0) is 41.7 Å². The number of halogens is 1. The third kappa shape index (κ3) is 6.08. The van der Waals surface area contributed by atoms with E-state index in [0.717, 1.165) is 68.6 Å². The van der Waals surface area contributed by atoms with Gasteiger partial charge in [0, 0.05) is 63.1 Å². The van der Waals surface area contributed by atoms with Gasteiger partial charge in [0.1, 0.15) is 11.6 Å². The van der Waals surface area contributed by atoms with Crippen molar-refractivity contribution in [2.45, 2.75) is 25.3 Å². The van der Waals surface area contributed by atoms with E-state index < -0.39 is 0 Å². The number of anilines is 1. The summed E-state index contributed by atoms with van der Waals surface area (Å²) in [4.78, 5) is 25.0. The van der Waals surface area contributed by atoms with Crippen LogP contribution < -0.4 is 4.90 Å². The minimum absolute atomic E-state index is 0.0634.